The number of amides is 1. The van der Waals surface area contributed by atoms with Crippen molar-refractivity contribution in [2.45, 2.75) is 13.3 Å². The molecule has 2 aromatic rings. The van der Waals surface area contributed by atoms with E-state index < -0.39 is 0 Å². The SMILES string of the molecule is Cc1ccc(C(=O)N2CCOC[C@@H](Cc3ccncn3)C2)c(=O)n1C. The zero-order valence-electron chi connectivity index (χ0n) is 14.5. The Morgan fingerprint density at radius 2 is 2.20 bits per heavy atom. The predicted molar refractivity (Wildman–Crippen MR) is 92.4 cm³/mol. The van der Waals surface area contributed by atoms with Gasteiger partial charge in [0.05, 0.1) is 13.2 Å². The van der Waals surface area contributed by atoms with Gasteiger partial charge in [0, 0.05) is 43.6 Å². The lowest BCUT2D eigenvalue weighted by atomic mass is 10.0. The maximum Gasteiger partial charge on any atom is 0.263 e. The molecule has 2 aromatic heterocycles. The summed E-state index contributed by atoms with van der Waals surface area (Å²) in [4.78, 5) is 35.1. The van der Waals surface area contributed by atoms with E-state index in [1.165, 1.54) is 10.9 Å². The molecule has 1 aliphatic heterocycles. The number of aromatic nitrogens is 3. The summed E-state index contributed by atoms with van der Waals surface area (Å²) in [7, 11) is 1.68. The van der Waals surface area contributed by atoms with Crippen LogP contribution in [0.3, 0.4) is 0 Å². The second kappa shape index (κ2) is 7.57. The van der Waals surface area contributed by atoms with E-state index in [4.69, 9.17) is 4.74 Å². The van der Waals surface area contributed by atoms with Gasteiger partial charge >= 0.3 is 0 Å². The summed E-state index contributed by atoms with van der Waals surface area (Å²) in [5.74, 6) is -0.102. The van der Waals surface area contributed by atoms with Gasteiger partial charge in [-0.25, -0.2) is 9.97 Å². The molecule has 25 heavy (non-hydrogen) atoms. The van der Waals surface area contributed by atoms with Crippen LogP contribution in [0.2, 0.25) is 0 Å². The fourth-order valence-corrected chi connectivity index (χ4v) is 2.98. The Balaban J connectivity index is 1.78. The van der Waals surface area contributed by atoms with Crippen molar-refractivity contribution < 1.29 is 9.53 Å². The van der Waals surface area contributed by atoms with Gasteiger partial charge in [0.15, 0.2) is 0 Å². The average Bonchev–Trinajstić information content (AvgIpc) is 2.86. The Morgan fingerprint density at radius 1 is 1.36 bits per heavy atom. The van der Waals surface area contributed by atoms with Gasteiger partial charge in [-0.3, -0.25) is 9.59 Å². The molecule has 0 N–H and O–H groups in total. The third-order valence-corrected chi connectivity index (χ3v) is 4.55. The second-order valence-corrected chi connectivity index (χ2v) is 6.35. The maximum atomic E-state index is 12.9. The molecular weight excluding hydrogens is 320 g/mol. The van der Waals surface area contributed by atoms with Crippen molar-refractivity contribution >= 4 is 5.91 Å². The molecule has 7 heteroatoms. The van der Waals surface area contributed by atoms with Crippen LogP contribution in [0.5, 0.6) is 0 Å². The minimum Gasteiger partial charge on any atom is -0.379 e. The molecule has 0 aliphatic carbocycles. The Hall–Kier alpha value is -2.54. The molecule has 0 unspecified atom stereocenters. The predicted octanol–water partition coefficient (Wildman–Crippen LogP) is 0.815. The van der Waals surface area contributed by atoms with E-state index in [0.29, 0.717) is 32.7 Å². The van der Waals surface area contributed by atoms with E-state index in [9.17, 15) is 9.59 Å². The highest BCUT2D eigenvalue weighted by molar-refractivity contribution is 5.93. The van der Waals surface area contributed by atoms with E-state index in [0.717, 1.165) is 11.4 Å². The van der Waals surface area contributed by atoms with Crippen molar-refractivity contribution in [3.05, 3.63) is 58.0 Å². The highest BCUT2D eigenvalue weighted by Gasteiger charge is 2.25. The Labute approximate surface area is 146 Å². The molecule has 0 saturated carbocycles. The lowest BCUT2D eigenvalue weighted by Crippen LogP contribution is -2.40. The van der Waals surface area contributed by atoms with E-state index in [1.54, 1.807) is 30.3 Å². The van der Waals surface area contributed by atoms with Gasteiger partial charge in [-0.15, -0.1) is 0 Å². The van der Waals surface area contributed by atoms with Crippen molar-refractivity contribution in [2.24, 2.45) is 13.0 Å². The Morgan fingerprint density at radius 3 is 2.96 bits per heavy atom. The molecule has 0 aromatic carbocycles. The van der Waals surface area contributed by atoms with E-state index in [1.807, 2.05) is 13.0 Å². The van der Waals surface area contributed by atoms with Crippen molar-refractivity contribution in [3.8, 4) is 0 Å². The third kappa shape index (κ3) is 3.93. The smallest absolute Gasteiger partial charge is 0.263 e. The highest BCUT2D eigenvalue weighted by atomic mass is 16.5. The molecule has 1 fully saturated rings. The van der Waals surface area contributed by atoms with Gasteiger partial charge < -0.3 is 14.2 Å². The summed E-state index contributed by atoms with van der Waals surface area (Å²) in [6, 6.07) is 5.28. The van der Waals surface area contributed by atoms with Crippen LogP contribution < -0.4 is 5.56 Å². The summed E-state index contributed by atoms with van der Waals surface area (Å²) in [5, 5.41) is 0. The van der Waals surface area contributed by atoms with Crippen molar-refractivity contribution in [3.63, 3.8) is 0 Å². The zero-order valence-corrected chi connectivity index (χ0v) is 14.5. The number of aryl methyl sites for hydroxylation is 1. The highest BCUT2D eigenvalue weighted by Crippen LogP contribution is 2.14. The zero-order chi connectivity index (χ0) is 17.8. The second-order valence-electron chi connectivity index (χ2n) is 6.35. The van der Waals surface area contributed by atoms with Crippen molar-refractivity contribution in [1.82, 2.24) is 19.4 Å². The van der Waals surface area contributed by atoms with Gasteiger partial charge in [-0.2, -0.15) is 0 Å². The lowest BCUT2D eigenvalue weighted by molar-refractivity contribution is 0.0735. The van der Waals surface area contributed by atoms with Crippen LogP contribution in [-0.4, -0.2) is 51.6 Å². The van der Waals surface area contributed by atoms with Crippen molar-refractivity contribution in [2.75, 3.05) is 26.3 Å². The third-order valence-electron chi connectivity index (χ3n) is 4.55. The molecule has 3 heterocycles. The lowest BCUT2D eigenvalue weighted by Gasteiger charge is -2.23. The molecule has 1 atom stereocenters. The molecule has 0 spiro atoms. The number of nitrogens with zero attached hydrogens (tertiary/aromatic N) is 4. The molecule has 1 saturated heterocycles. The fourth-order valence-electron chi connectivity index (χ4n) is 2.98. The summed E-state index contributed by atoms with van der Waals surface area (Å²) in [6.07, 6.45) is 3.93. The normalized spacial score (nSPS) is 18.0. The average molecular weight is 342 g/mol. The monoisotopic (exact) mass is 342 g/mol. The topological polar surface area (TPSA) is 77.3 Å². The van der Waals surface area contributed by atoms with E-state index >= 15 is 0 Å². The van der Waals surface area contributed by atoms with Crippen molar-refractivity contribution in [1.29, 1.82) is 0 Å². The summed E-state index contributed by atoms with van der Waals surface area (Å²) < 4.78 is 7.15. The summed E-state index contributed by atoms with van der Waals surface area (Å²) in [5.41, 5.74) is 1.69. The Bertz CT molecular complexity index is 804. The number of carbonyl (C=O) groups is 1. The number of pyridine rings is 1. The fraction of sp³-hybridized carbons (Fsp3) is 0.444. The number of rotatable bonds is 3. The Kier molecular flexibility index (Phi) is 5.23. The van der Waals surface area contributed by atoms with E-state index in [2.05, 4.69) is 9.97 Å². The van der Waals surface area contributed by atoms with Crippen LogP contribution in [0.4, 0.5) is 0 Å². The van der Waals surface area contributed by atoms with Crippen LogP contribution in [0.25, 0.3) is 0 Å². The molecule has 1 aliphatic rings. The van der Waals surface area contributed by atoms with Crippen LogP contribution in [-0.2, 0) is 18.2 Å². The van der Waals surface area contributed by atoms with Crippen LogP contribution in [0, 0.1) is 12.8 Å². The molecule has 3 rings (SSSR count). The first-order chi connectivity index (χ1) is 12.1. The molecule has 1 amide bonds. The molecule has 0 radical (unpaired) electrons. The number of hydrogen-bond donors (Lipinski definition) is 0. The first-order valence-electron chi connectivity index (χ1n) is 8.35. The largest absolute Gasteiger partial charge is 0.379 e. The minimum atomic E-state index is -0.262. The molecule has 0 bridgehead atoms. The van der Waals surface area contributed by atoms with Gasteiger partial charge in [-0.05, 0) is 31.5 Å². The van der Waals surface area contributed by atoms with Gasteiger partial charge in [0.1, 0.15) is 11.9 Å². The van der Waals surface area contributed by atoms with Crippen LogP contribution in [0.1, 0.15) is 21.7 Å². The quantitative estimate of drug-likeness (QED) is 0.825. The molecule has 7 nitrogen and oxygen atoms in total. The molecular formula is C18H22N4O3. The first-order valence-corrected chi connectivity index (χ1v) is 8.35. The number of carbonyl (C=O) groups excluding carboxylic acids is 1. The summed E-state index contributed by atoms with van der Waals surface area (Å²) in [6.45, 7) is 3.90. The number of ether oxygens (including phenoxy) is 1. The molecule has 132 valence electrons. The minimum absolute atomic E-state index is 0.135. The van der Waals surface area contributed by atoms with Crippen LogP contribution in [0.15, 0.2) is 35.5 Å². The van der Waals surface area contributed by atoms with Gasteiger partial charge in [0.25, 0.3) is 11.5 Å². The summed E-state index contributed by atoms with van der Waals surface area (Å²) >= 11 is 0. The van der Waals surface area contributed by atoms with E-state index in [-0.39, 0.29) is 22.9 Å². The van der Waals surface area contributed by atoms with Crippen LogP contribution >= 0.6 is 0 Å². The standard InChI is InChI=1S/C18H22N4O3/c1-13-3-4-16(17(23)21(13)2)18(24)22-7-8-25-11-14(10-22)9-15-5-6-19-12-20-15/h3-6,12,14H,7-11H2,1-2H3/t14-/m0/s1. The number of hydrogen-bond acceptors (Lipinski definition) is 5. The first kappa shape index (κ1) is 17.3. The maximum absolute atomic E-state index is 12.9. The van der Waals surface area contributed by atoms with Gasteiger partial charge in [0.2, 0.25) is 0 Å². The van der Waals surface area contributed by atoms with Gasteiger partial charge in [-0.1, -0.05) is 0 Å².